The molecule has 1 fully saturated rings. The lowest BCUT2D eigenvalue weighted by Crippen LogP contribution is -2.63. The molecule has 0 aromatic heterocycles. The second-order valence-corrected chi connectivity index (χ2v) is 5.43. The van der Waals surface area contributed by atoms with Gasteiger partial charge < -0.3 is 10.0 Å². The molecule has 1 aromatic carbocycles. The first kappa shape index (κ1) is 14.0. The Bertz CT molecular complexity index is 541. The third-order valence-corrected chi connectivity index (χ3v) is 4.15. The molecule has 19 heavy (non-hydrogen) atoms. The van der Waals surface area contributed by atoms with E-state index in [4.69, 9.17) is 0 Å². The average Bonchev–Trinajstić information content (AvgIpc) is 2.34. The monoisotopic (exact) mass is 328 g/mol. The fourth-order valence-electron chi connectivity index (χ4n) is 2.03. The number of benzene rings is 1. The van der Waals surface area contributed by atoms with Gasteiger partial charge in [-0.3, -0.25) is 14.9 Å². The summed E-state index contributed by atoms with van der Waals surface area (Å²) in [6.07, 6.45) is 0.576. The van der Waals surface area contributed by atoms with Gasteiger partial charge >= 0.3 is 0 Å². The lowest BCUT2D eigenvalue weighted by Gasteiger charge is -2.46. The number of nitro groups is 1. The Hall–Kier alpha value is -1.47. The number of hydrogen-bond acceptors (Lipinski definition) is 4. The van der Waals surface area contributed by atoms with E-state index in [2.05, 4.69) is 15.9 Å². The summed E-state index contributed by atoms with van der Waals surface area (Å²) in [6.45, 7) is 2.38. The molecular weight excluding hydrogens is 316 g/mol. The van der Waals surface area contributed by atoms with Gasteiger partial charge in [-0.2, -0.15) is 0 Å². The Morgan fingerprint density at radius 1 is 1.58 bits per heavy atom. The molecule has 0 aliphatic carbocycles. The number of aliphatic hydroxyl groups is 1. The van der Waals surface area contributed by atoms with Crippen LogP contribution in [0.1, 0.15) is 23.7 Å². The zero-order valence-corrected chi connectivity index (χ0v) is 11.9. The summed E-state index contributed by atoms with van der Waals surface area (Å²) in [5.41, 5.74) is -0.715. The van der Waals surface area contributed by atoms with Crippen molar-refractivity contribution in [3.8, 4) is 0 Å². The van der Waals surface area contributed by atoms with Gasteiger partial charge in [0, 0.05) is 6.07 Å². The molecule has 1 saturated heterocycles. The van der Waals surface area contributed by atoms with Gasteiger partial charge in [-0.25, -0.2) is 0 Å². The van der Waals surface area contributed by atoms with Crippen LogP contribution in [0.5, 0.6) is 0 Å². The predicted molar refractivity (Wildman–Crippen MR) is 71.9 cm³/mol. The zero-order chi connectivity index (χ0) is 14.2. The smallest absolute Gasteiger partial charge is 0.284 e. The van der Waals surface area contributed by atoms with E-state index in [0.717, 1.165) is 0 Å². The van der Waals surface area contributed by atoms with Crippen LogP contribution in [0.3, 0.4) is 0 Å². The van der Waals surface area contributed by atoms with E-state index in [1.54, 1.807) is 0 Å². The third-order valence-electron chi connectivity index (χ3n) is 3.32. The van der Waals surface area contributed by atoms with Crippen molar-refractivity contribution in [3.05, 3.63) is 38.3 Å². The molecule has 0 radical (unpaired) electrons. The maximum atomic E-state index is 12.2. The Kier molecular flexibility index (Phi) is 3.60. The number of amides is 1. The van der Waals surface area contributed by atoms with Crippen molar-refractivity contribution in [2.45, 2.75) is 18.9 Å². The minimum Gasteiger partial charge on any atom is -0.386 e. The molecule has 2 rings (SSSR count). The fourth-order valence-corrected chi connectivity index (χ4v) is 2.61. The van der Waals surface area contributed by atoms with Crippen molar-refractivity contribution in [2.24, 2.45) is 0 Å². The molecule has 1 aromatic rings. The van der Waals surface area contributed by atoms with Crippen molar-refractivity contribution >= 4 is 27.5 Å². The topological polar surface area (TPSA) is 83.7 Å². The van der Waals surface area contributed by atoms with Crippen LogP contribution in [0.25, 0.3) is 0 Å². The molecule has 0 atom stereocenters. The van der Waals surface area contributed by atoms with E-state index >= 15 is 0 Å². The molecule has 1 aliphatic heterocycles. The number of β-amino-alcohol motifs (C(OH)–C–C–N with tert-alkyl or cyclic N) is 1. The highest BCUT2D eigenvalue weighted by Gasteiger charge is 2.42. The molecule has 0 unspecified atom stereocenters. The number of likely N-dealkylation sites (tertiary alicyclic amines) is 1. The maximum absolute atomic E-state index is 12.2. The van der Waals surface area contributed by atoms with E-state index in [-0.39, 0.29) is 34.7 Å². The SMILES string of the molecule is CCC1(O)CN(C(=O)c2cccc([N+](=O)[O-])c2Br)C1. The minimum atomic E-state index is -0.817. The highest BCUT2D eigenvalue weighted by Crippen LogP contribution is 2.32. The third kappa shape index (κ3) is 2.48. The predicted octanol–water partition coefficient (Wildman–Crippen LogP) is 1.95. The summed E-state index contributed by atoms with van der Waals surface area (Å²) < 4.78 is 0.178. The molecule has 102 valence electrons. The minimum absolute atomic E-state index is 0.142. The van der Waals surface area contributed by atoms with E-state index < -0.39 is 10.5 Å². The second-order valence-electron chi connectivity index (χ2n) is 4.63. The number of halogens is 1. The van der Waals surface area contributed by atoms with Crippen LogP contribution in [0.2, 0.25) is 0 Å². The van der Waals surface area contributed by atoms with Gasteiger partial charge in [0.1, 0.15) is 4.47 Å². The highest BCUT2D eigenvalue weighted by molar-refractivity contribution is 9.10. The van der Waals surface area contributed by atoms with Crippen LogP contribution in [-0.4, -0.2) is 39.5 Å². The molecule has 0 bridgehead atoms. The lowest BCUT2D eigenvalue weighted by atomic mass is 9.90. The summed E-state index contributed by atoms with van der Waals surface area (Å²) in [4.78, 5) is 23.9. The van der Waals surface area contributed by atoms with Gasteiger partial charge in [0.15, 0.2) is 0 Å². The zero-order valence-electron chi connectivity index (χ0n) is 10.3. The molecule has 6 nitrogen and oxygen atoms in total. The van der Waals surface area contributed by atoms with E-state index in [9.17, 15) is 20.0 Å². The molecule has 0 spiro atoms. The van der Waals surface area contributed by atoms with E-state index in [1.165, 1.54) is 23.1 Å². The Morgan fingerprint density at radius 3 is 2.74 bits per heavy atom. The van der Waals surface area contributed by atoms with Crippen LogP contribution in [0.4, 0.5) is 5.69 Å². The average molecular weight is 329 g/mol. The lowest BCUT2D eigenvalue weighted by molar-refractivity contribution is -0.385. The maximum Gasteiger partial charge on any atom is 0.284 e. The molecule has 1 aliphatic rings. The number of rotatable bonds is 3. The summed E-state index contributed by atoms with van der Waals surface area (Å²) in [5.74, 6) is -0.311. The summed E-state index contributed by atoms with van der Waals surface area (Å²) in [5, 5.41) is 20.7. The van der Waals surface area contributed by atoms with Crippen molar-refractivity contribution < 1.29 is 14.8 Å². The van der Waals surface area contributed by atoms with Crippen molar-refractivity contribution in [2.75, 3.05) is 13.1 Å². The Labute approximate surface area is 118 Å². The molecule has 1 amide bonds. The van der Waals surface area contributed by atoms with Gasteiger partial charge in [-0.05, 0) is 28.4 Å². The van der Waals surface area contributed by atoms with Gasteiger partial charge in [0.05, 0.1) is 29.2 Å². The Morgan fingerprint density at radius 2 is 2.21 bits per heavy atom. The molecule has 1 N–H and O–H groups in total. The van der Waals surface area contributed by atoms with E-state index in [1.807, 2.05) is 6.92 Å². The molecular formula is C12H13BrN2O4. The second kappa shape index (κ2) is 4.90. The number of carbonyl (C=O) groups excluding carboxylic acids is 1. The number of carbonyl (C=O) groups is 1. The van der Waals surface area contributed by atoms with Crippen molar-refractivity contribution in [1.82, 2.24) is 4.90 Å². The van der Waals surface area contributed by atoms with Crippen molar-refractivity contribution in [3.63, 3.8) is 0 Å². The molecule has 0 saturated carbocycles. The normalized spacial score (nSPS) is 16.9. The quantitative estimate of drug-likeness (QED) is 0.679. The largest absolute Gasteiger partial charge is 0.386 e. The van der Waals surface area contributed by atoms with Crippen LogP contribution in [-0.2, 0) is 0 Å². The van der Waals surface area contributed by atoms with E-state index in [0.29, 0.717) is 6.42 Å². The van der Waals surface area contributed by atoms with Crippen LogP contribution < -0.4 is 0 Å². The Balaban J connectivity index is 2.22. The number of nitro benzene ring substituents is 1. The first-order chi connectivity index (χ1) is 8.88. The fraction of sp³-hybridized carbons (Fsp3) is 0.417. The summed E-state index contributed by atoms with van der Waals surface area (Å²) in [7, 11) is 0. The first-order valence-electron chi connectivity index (χ1n) is 5.82. The standard InChI is InChI=1S/C12H13BrN2O4/c1-2-12(17)6-14(7-12)11(16)8-4-3-5-9(10(8)13)15(18)19/h3-5,17H,2,6-7H2,1H3. The van der Waals surface area contributed by atoms with Crippen LogP contribution >= 0.6 is 15.9 Å². The van der Waals surface area contributed by atoms with Crippen molar-refractivity contribution in [1.29, 1.82) is 0 Å². The summed E-state index contributed by atoms with van der Waals surface area (Å²) in [6, 6.07) is 4.34. The molecule has 1 heterocycles. The molecule has 7 heteroatoms. The summed E-state index contributed by atoms with van der Waals surface area (Å²) >= 11 is 3.10. The van der Waals surface area contributed by atoms with Gasteiger partial charge in [-0.15, -0.1) is 0 Å². The number of nitrogens with zero attached hydrogens (tertiary/aromatic N) is 2. The van der Waals surface area contributed by atoms with Gasteiger partial charge in [-0.1, -0.05) is 13.0 Å². The van der Waals surface area contributed by atoms with Gasteiger partial charge in [0.2, 0.25) is 0 Å². The number of hydrogen-bond donors (Lipinski definition) is 1. The van der Waals surface area contributed by atoms with Gasteiger partial charge in [0.25, 0.3) is 11.6 Å². The first-order valence-corrected chi connectivity index (χ1v) is 6.62. The van der Waals surface area contributed by atoms with Crippen LogP contribution in [0, 0.1) is 10.1 Å². The van der Waals surface area contributed by atoms with Crippen LogP contribution in [0.15, 0.2) is 22.7 Å². The highest BCUT2D eigenvalue weighted by atomic mass is 79.9.